The first-order valence-electron chi connectivity index (χ1n) is 10.6. The van der Waals surface area contributed by atoms with Crippen LogP contribution in [0.4, 0.5) is 0 Å². The van der Waals surface area contributed by atoms with E-state index in [9.17, 15) is 19.2 Å². The highest BCUT2D eigenvalue weighted by atomic mass is 16.5. The normalized spacial score (nSPS) is 21.6. The molecule has 3 heterocycles. The topological polar surface area (TPSA) is 87.2 Å². The number of amides is 4. The van der Waals surface area contributed by atoms with E-state index in [1.807, 2.05) is 13.8 Å². The van der Waals surface area contributed by atoms with Crippen molar-refractivity contribution < 1.29 is 23.9 Å². The lowest BCUT2D eigenvalue weighted by Gasteiger charge is -2.35. The second-order valence-corrected chi connectivity index (χ2v) is 8.49. The van der Waals surface area contributed by atoms with E-state index in [1.165, 1.54) is 11.0 Å². The third kappa shape index (κ3) is 3.71. The van der Waals surface area contributed by atoms with Gasteiger partial charge in [0.1, 0.15) is 6.10 Å². The molecular weight excluding hydrogens is 386 g/mol. The van der Waals surface area contributed by atoms with Crippen molar-refractivity contribution >= 4 is 23.6 Å². The summed E-state index contributed by atoms with van der Waals surface area (Å²) < 4.78 is 5.47. The Kier molecular flexibility index (Phi) is 5.60. The zero-order valence-electron chi connectivity index (χ0n) is 17.4. The van der Waals surface area contributed by atoms with Gasteiger partial charge in [0.2, 0.25) is 0 Å². The summed E-state index contributed by atoms with van der Waals surface area (Å²) in [6.07, 6.45) is 1.32. The van der Waals surface area contributed by atoms with Crippen LogP contribution < -0.4 is 0 Å². The van der Waals surface area contributed by atoms with Gasteiger partial charge in [-0.1, -0.05) is 13.8 Å². The molecule has 1 atom stereocenters. The fourth-order valence-electron chi connectivity index (χ4n) is 4.24. The largest absolute Gasteiger partial charge is 0.368 e. The van der Waals surface area contributed by atoms with Crippen LogP contribution in [0.1, 0.15) is 57.8 Å². The number of hydrogen-bond donors (Lipinski definition) is 0. The molecule has 0 aliphatic carbocycles. The molecule has 1 aromatic rings. The average molecular weight is 413 g/mol. The van der Waals surface area contributed by atoms with Gasteiger partial charge in [-0.25, -0.2) is 0 Å². The molecular formula is C22H27N3O5. The second kappa shape index (κ2) is 8.18. The van der Waals surface area contributed by atoms with Crippen molar-refractivity contribution in [1.29, 1.82) is 0 Å². The summed E-state index contributed by atoms with van der Waals surface area (Å²) in [5.74, 6) is -0.660. The molecule has 0 N–H and O–H groups in total. The van der Waals surface area contributed by atoms with Crippen molar-refractivity contribution in [2.45, 2.75) is 32.8 Å². The fourth-order valence-corrected chi connectivity index (χ4v) is 4.24. The summed E-state index contributed by atoms with van der Waals surface area (Å²) >= 11 is 0. The van der Waals surface area contributed by atoms with Crippen molar-refractivity contribution in [3.05, 3.63) is 34.9 Å². The molecule has 0 aromatic heterocycles. The van der Waals surface area contributed by atoms with Gasteiger partial charge < -0.3 is 14.5 Å². The predicted octanol–water partition coefficient (Wildman–Crippen LogP) is 1.40. The van der Waals surface area contributed by atoms with Gasteiger partial charge in [0.25, 0.3) is 23.6 Å². The van der Waals surface area contributed by atoms with Crippen LogP contribution >= 0.6 is 0 Å². The summed E-state index contributed by atoms with van der Waals surface area (Å²) in [7, 11) is 0. The molecule has 3 aliphatic heterocycles. The minimum Gasteiger partial charge on any atom is -0.368 e. The van der Waals surface area contributed by atoms with E-state index in [-0.39, 0.29) is 35.7 Å². The van der Waals surface area contributed by atoms with Crippen LogP contribution in [0.2, 0.25) is 0 Å². The number of fused-ring (bicyclic) bond motifs is 1. The maximum Gasteiger partial charge on any atom is 0.261 e. The number of imide groups is 1. The molecule has 8 nitrogen and oxygen atoms in total. The summed E-state index contributed by atoms with van der Waals surface area (Å²) in [6.45, 7) is 6.67. The van der Waals surface area contributed by atoms with Gasteiger partial charge in [-0.05, 0) is 37.0 Å². The number of benzene rings is 1. The van der Waals surface area contributed by atoms with Gasteiger partial charge in [0.15, 0.2) is 0 Å². The number of hydrogen-bond acceptors (Lipinski definition) is 5. The third-order valence-corrected chi connectivity index (χ3v) is 5.85. The Morgan fingerprint density at radius 3 is 2.33 bits per heavy atom. The van der Waals surface area contributed by atoms with Crippen LogP contribution in [0.25, 0.3) is 0 Å². The van der Waals surface area contributed by atoms with Gasteiger partial charge in [-0.3, -0.25) is 24.1 Å². The zero-order chi connectivity index (χ0) is 21.4. The standard InChI is InChI=1S/C22H27N3O5/c1-14(2)13-25-20(27)16-6-5-15(12-17(16)21(25)28)19(26)23-7-9-24(10-8-23)22(29)18-4-3-11-30-18/h5-6,12,14,18H,3-4,7-11,13H2,1-2H3. The Morgan fingerprint density at radius 2 is 1.70 bits per heavy atom. The predicted molar refractivity (Wildman–Crippen MR) is 108 cm³/mol. The van der Waals surface area contributed by atoms with Crippen LogP contribution in [0, 0.1) is 5.92 Å². The van der Waals surface area contributed by atoms with Crippen molar-refractivity contribution in [3.8, 4) is 0 Å². The Morgan fingerprint density at radius 1 is 1.03 bits per heavy atom. The molecule has 1 unspecified atom stereocenters. The van der Waals surface area contributed by atoms with Crippen LogP contribution in [0.15, 0.2) is 18.2 Å². The van der Waals surface area contributed by atoms with Crippen LogP contribution in [-0.4, -0.2) is 83.8 Å². The highest BCUT2D eigenvalue weighted by Gasteiger charge is 2.37. The highest BCUT2D eigenvalue weighted by Crippen LogP contribution is 2.26. The van der Waals surface area contributed by atoms with Crippen molar-refractivity contribution in [1.82, 2.24) is 14.7 Å². The lowest BCUT2D eigenvalue weighted by Crippen LogP contribution is -2.52. The molecule has 4 rings (SSSR count). The van der Waals surface area contributed by atoms with Crippen molar-refractivity contribution in [2.24, 2.45) is 5.92 Å². The van der Waals surface area contributed by atoms with E-state index < -0.39 is 0 Å². The average Bonchev–Trinajstić information content (AvgIpc) is 3.36. The lowest BCUT2D eigenvalue weighted by atomic mass is 10.0. The maximum atomic E-state index is 13.0. The Labute approximate surface area is 175 Å². The van der Waals surface area contributed by atoms with Gasteiger partial charge in [-0.15, -0.1) is 0 Å². The Hall–Kier alpha value is -2.74. The SMILES string of the molecule is CC(C)CN1C(=O)c2ccc(C(=O)N3CCN(C(=O)C4CCCO4)CC3)cc2C1=O. The second-order valence-electron chi connectivity index (χ2n) is 8.49. The quantitative estimate of drug-likeness (QED) is 0.697. The molecule has 3 aliphatic rings. The van der Waals surface area contributed by atoms with Gasteiger partial charge >= 0.3 is 0 Å². The molecule has 4 amide bonds. The number of carbonyl (C=O) groups excluding carboxylic acids is 4. The lowest BCUT2D eigenvalue weighted by molar-refractivity contribution is -0.142. The monoisotopic (exact) mass is 413 g/mol. The van der Waals surface area contributed by atoms with Gasteiger partial charge in [0.05, 0.1) is 11.1 Å². The molecule has 1 aromatic carbocycles. The summed E-state index contributed by atoms with van der Waals surface area (Å²) in [6, 6.07) is 4.71. The molecule has 0 radical (unpaired) electrons. The van der Waals surface area contributed by atoms with Crippen molar-refractivity contribution in [2.75, 3.05) is 39.3 Å². The van der Waals surface area contributed by atoms with Crippen LogP contribution in [0.3, 0.4) is 0 Å². The fraction of sp³-hybridized carbons (Fsp3) is 0.545. The zero-order valence-corrected chi connectivity index (χ0v) is 17.4. The van der Waals surface area contributed by atoms with E-state index >= 15 is 0 Å². The number of ether oxygens (including phenoxy) is 1. The van der Waals surface area contributed by atoms with E-state index in [0.717, 1.165) is 12.8 Å². The number of nitrogens with zero attached hydrogens (tertiary/aromatic N) is 3. The molecule has 2 saturated heterocycles. The number of piperazine rings is 1. The maximum absolute atomic E-state index is 13.0. The van der Waals surface area contributed by atoms with Gasteiger partial charge in [0, 0.05) is 44.9 Å². The summed E-state index contributed by atoms with van der Waals surface area (Å²) in [4.78, 5) is 55.3. The Bertz CT molecular complexity index is 883. The highest BCUT2D eigenvalue weighted by molar-refractivity contribution is 6.22. The molecule has 0 spiro atoms. The molecule has 30 heavy (non-hydrogen) atoms. The van der Waals surface area contributed by atoms with E-state index in [1.54, 1.807) is 21.9 Å². The third-order valence-electron chi connectivity index (χ3n) is 5.85. The first-order chi connectivity index (χ1) is 14.4. The first-order valence-corrected chi connectivity index (χ1v) is 10.6. The molecule has 0 saturated carbocycles. The molecule has 2 fully saturated rings. The number of rotatable bonds is 4. The molecule has 0 bridgehead atoms. The van der Waals surface area contributed by atoms with E-state index in [0.29, 0.717) is 56.0 Å². The molecule has 8 heteroatoms. The minimum atomic E-state index is -0.346. The summed E-state index contributed by atoms with van der Waals surface area (Å²) in [5.41, 5.74) is 1.03. The van der Waals surface area contributed by atoms with Gasteiger partial charge in [-0.2, -0.15) is 0 Å². The number of carbonyl (C=O) groups is 4. The minimum absolute atomic E-state index is 0.00600. The van der Waals surface area contributed by atoms with E-state index in [4.69, 9.17) is 4.74 Å². The first kappa shape index (κ1) is 20.5. The van der Waals surface area contributed by atoms with Crippen molar-refractivity contribution in [3.63, 3.8) is 0 Å². The van der Waals surface area contributed by atoms with Crippen LogP contribution in [-0.2, 0) is 9.53 Å². The smallest absolute Gasteiger partial charge is 0.261 e. The Balaban J connectivity index is 1.42. The molecule has 160 valence electrons. The summed E-state index contributed by atoms with van der Waals surface area (Å²) in [5, 5.41) is 0. The van der Waals surface area contributed by atoms with E-state index in [2.05, 4.69) is 0 Å². The van der Waals surface area contributed by atoms with Crippen LogP contribution in [0.5, 0.6) is 0 Å².